The van der Waals surface area contributed by atoms with Crippen LogP contribution >= 0.6 is 0 Å². The van der Waals surface area contributed by atoms with E-state index < -0.39 is 95.5 Å². The van der Waals surface area contributed by atoms with Gasteiger partial charge in [-0.25, -0.2) is 0 Å². The smallest absolute Gasteiger partial charge is 0.311 e. The summed E-state index contributed by atoms with van der Waals surface area (Å²) in [5.74, 6) is -2.66. The molecule has 3 rings (SSSR count). The number of aliphatic hydroxyl groups is 5. The summed E-state index contributed by atoms with van der Waals surface area (Å²) in [5, 5.41) is 65.8. The fourth-order valence-electron chi connectivity index (χ4n) is 9.21. The first-order valence-electron chi connectivity index (χ1n) is 20.9. The van der Waals surface area contributed by atoms with Crippen LogP contribution in [0.15, 0.2) is 0 Å². The fraction of sp³-hybridized carbons (Fsp3) is 0.976. The van der Waals surface area contributed by atoms with Crippen LogP contribution in [0.1, 0.15) is 108 Å². The van der Waals surface area contributed by atoms with Crippen LogP contribution in [0, 0.1) is 17.8 Å². The highest BCUT2D eigenvalue weighted by atomic mass is 16.7. The third-order valence-electron chi connectivity index (χ3n) is 13.0. The Balaban J connectivity index is 2.16. The maximum absolute atomic E-state index is 14.3. The molecule has 0 aromatic carbocycles. The van der Waals surface area contributed by atoms with E-state index in [4.69, 9.17) is 28.4 Å². The molecule has 18 atom stereocenters. The van der Waals surface area contributed by atoms with Crippen LogP contribution < -0.4 is 10.6 Å². The molecule has 56 heavy (non-hydrogen) atoms. The van der Waals surface area contributed by atoms with Crippen molar-refractivity contribution in [3.05, 3.63) is 0 Å². The zero-order valence-corrected chi connectivity index (χ0v) is 36.8. The van der Waals surface area contributed by atoms with Gasteiger partial charge in [-0.05, 0) is 107 Å². The van der Waals surface area contributed by atoms with E-state index in [0.29, 0.717) is 19.5 Å². The van der Waals surface area contributed by atoms with Crippen molar-refractivity contribution in [2.24, 2.45) is 17.8 Å². The van der Waals surface area contributed by atoms with Gasteiger partial charge in [-0.3, -0.25) is 4.79 Å². The molecule has 7 N–H and O–H groups in total. The monoisotopic (exact) mass is 806 g/mol. The van der Waals surface area contributed by atoms with Gasteiger partial charge in [0.05, 0.1) is 35.9 Å². The molecular weight excluding hydrogens is 726 g/mol. The Morgan fingerprint density at radius 3 is 2.18 bits per heavy atom. The van der Waals surface area contributed by atoms with Crippen LogP contribution in [0.4, 0.5) is 0 Å². The van der Waals surface area contributed by atoms with Gasteiger partial charge in [0.2, 0.25) is 0 Å². The molecule has 3 aliphatic rings. The van der Waals surface area contributed by atoms with E-state index in [-0.39, 0.29) is 43.9 Å². The minimum Gasteiger partial charge on any atom is -0.459 e. The molecule has 330 valence electrons. The first kappa shape index (κ1) is 49.3. The number of aliphatic hydroxyl groups excluding tert-OH is 2. The minimum atomic E-state index is -1.81. The lowest BCUT2D eigenvalue weighted by molar-refractivity contribution is -0.336. The summed E-state index contributed by atoms with van der Waals surface area (Å²) in [6, 6.07) is -0.877. The van der Waals surface area contributed by atoms with E-state index in [1.54, 1.807) is 34.6 Å². The van der Waals surface area contributed by atoms with E-state index in [1.165, 1.54) is 14.0 Å². The number of nitrogens with one attached hydrogen (secondary N) is 2. The number of esters is 1. The van der Waals surface area contributed by atoms with E-state index in [2.05, 4.69) is 10.6 Å². The molecule has 3 aliphatic heterocycles. The quantitative estimate of drug-likeness (QED) is 0.118. The molecule has 15 heteroatoms. The molecule has 0 bridgehead atoms. The van der Waals surface area contributed by atoms with Crippen molar-refractivity contribution >= 4 is 5.97 Å². The fourth-order valence-corrected chi connectivity index (χ4v) is 9.21. The Labute approximate surface area is 336 Å². The first-order chi connectivity index (χ1) is 25.9. The summed E-state index contributed by atoms with van der Waals surface area (Å²) >= 11 is 0. The zero-order valence-electron chi connectivity index (χ0n) is 36.8. The average Bonchev–Trinajstić information content (AvgIpc) is 3.12. The third-order valence-corrected chi connectivity index (χ3v) is 13.0. The maximum Gasteiger partial charge on any atom is 0.311 e. The number of hydrogen-bond donors (Lipinski definition) is 7. The van der Waals surface area contributed by atoms with Crippen molar-refractivity contribution in [3.8, 4) is 0 Å². The molecule has 3 saturated heterocycles. The number of likely N-dealkylation sites (N-methyl/N-ethyl adjacent to an activating group) is 1. The van der Waals surface area contributed by atoms with E-state index in [9.17, 15) is 30.3 Å². The second kappa shape index (κ2) is 20.0. The Kier molecular flexibility index (Phi) is 17.6. The molecule has 0 aliphatic carbocycles. The molecular formula is C41H79N3O12. The Morgan fingerprint density at radius 2 is 1.61 bits per heavy atom. The van der Waals surface area contributed by atoms with Crippen molar-refractivity contribution in [1.82, 2.24) is 15.5 Å². The molecule has 0 amide bonds. The number of nitrogens with zero attached hydrogens (tertiary/aromatic N) is 1. The molecule has 0 spiro atoms. The molecule has 0 saturated carbocycles. The second-order valence-electron chi connectivity index (χ2n) is 18.2. The van der Waals surface area contributed by atoms with Crippen LogP contribution in [0.5, 0.6) is 0 Å². The van der Waals surface area contributed by atoms with E-state index >= 15 is 0 Å². The summed E-state index contributed by atoms with van der Waals surface area (Å²) in [6.07, 6.45) is -6.71. The third kappa shape index (κ3) is 11.0. The van der Waals surface area contributed by atoms with Crippen LogP contribution in [0.3, 0.4) is 0 Å². The number of carbonyl (C=O) groups is 1. The lowest BCUT2D eigenvalue weighted by atomic mass is 9.75. The summed E-state index contributed by atoms with van der Waals surface area (Å²) in [7, 11) is 5.31. The van der Waals surface area contributed by atoms with Crippen molar-refractivity contribution in [1.29, 1.82) is 0 Å². The van der Waals surface area contributed by atoms with Gasteiger partial charge in [0.15, 0.2) is 12.6 Å². The van der Waals surface area contributed by atoms with Crippen molar-refractivity contribution in [2.75, 3.05) is 40.8 Å². The molecule has 3 heterocycles. The minimum absolute atomic E-state index is 0.0939. The summed E-state index contributed by atoms with van der Waals surface area (Å²) in [6.45, 7) is 20.9. The largest absolute Gasteiger partial charge is 0.459 e. The van der Waals surface area contributed by atoms with Crippen molar-refractivity contribution in [3.63, 3.8) is 0 Å². The van der Waals surface area contributed by atoms with Crippen LogP contribution in [-0.4, -0.2) is 167 Å². The van der Waals surface area contributed by atoms with Gasteiger partial charge < -0.3 is 69.5 Å². The van der Waals surface area contributed by atoms with Crippen molar-refractivity contribution < 1.29 is 58.7 Å². The van der Waals surface area contributed by atoms with Gasteiger partial charge in [-0.1, -0.05) is 27.7 Å². The van der Waals surface area contributed by atoms with E-state index in [0.717, 1.165) is 6.42 Å². The predicted octanol–water partition coefficient (Wildman–Crippen LogP) is 1.93. The summed E-state index contributed by atoms with van der Waals surface area (Å²) < 4.78 is 38.3. The number of hydrogen-bond acceptors (Lipinski definition) is 15. The molecule has 0 aromatic rings. The number of cyclic esters (lactones) is 1. The van der Waals surface area contributed by atoms with E-state index in [1.807, 2.05) is 53.6 Å². The average molecular weight is 806 g/mol. The van der Waals surface area contributed by atoms with Crippen molar-refractivity contribution in [2.45, 2.75) is 198 Å². The first-order valence-corrected chi connectivity index (χ1v) is 20.9. The Bertz CT molecular complexity index is 1230. The number of rotatable bonds is 11. The molecule has 0 aromatic heterocycles. The number of methoxy groups -OCH3 is 1. The highest BCUT2D eigenvalue weighted by molar-refractivity contribution is 5.73. The standard InChI is InChI=1S/C41H79N3O12/c1-15-17-42-22-41(50)28(8)53-31(20-39(41,10)51-14)55-33-25(5)35(56-37-32(45)29(44(12)13)18-24(4)52-37)38(9,48)19-23(3)21-43-27(7)34(46)40(11,49)30(16-2)54-36(47)26(33)6/h23-35,37,42-43,45-46,48-50H,15-22H2,1-14H3/t23-,24-,25+,26-,27-,28+,29+,30-,31+,32-,33+,34-,35-,37?,38-,39-,40-,41+/m1/s1. The second-order valence-corrected chi connectivity index (χ2v) is 18.2. The summed E-state index contributed by atoms with van der Waals surface area (Å²) in [5.41, 5.74) is -5.95. The molecule has 15 nitrogen and oxygen atoms in total. The SMILES string of the molecule is CCCNC[C@]1(O)[C@H](C)O[C@@H](O[C@H]2[C@H](C)[C@@H](OC3O[C@H](C)C[C@H](N(C)C)[C@H]3O)[C@](C)(O)C[C@@H](C)CN[C@H](C)[C@@H](O)[C@](C)(O)[C@@H](CC)OC(=O)[C@@H]2C)C[C@@]1(C)OC. The lowest BCUT2D eigenvalue weighted by Crippen LogP contribution is -2.70. The van der Waals surface area contributed by atoms with Crippen LogP contribution in [0.2, 0.25) is 0 Å². The molecule has 1 unspecified atom stereocenters. The van der Waals surface area contributed by atoms with Crippen LogP contribution in [-0.2, 0) is 33.2 Å². The lowest BCUT2D eigenvalue weighted by Gasteiger charge is -2.53. The Morgan fingerprint density at radius 1 is 0.964 bits per heavy atom. The normalized spacial score (nSPS) is 47.9. The van der Waals surface area contributed by atoms with Gasteiger partial charge in [0, 0.05) is 38.1 Å². The number of carbonyl (C=O) groups excluding carboxylic acids is 1. The number of ether oxygens (including phenoxy) is 6. The van der Waals surface area contributed by atoms with Gasteiger partial charge in [0.25, 0.3) is 0 Å². The highest BCUT2D eigenvalue weighted by Crippen LogP contribution is 2.43. The zero-order chi connectivity index (χ0) is 42.6. The topological polar surface area (TPSA) is 201 Å². The molecule has 3 fully saturated rings. The maximum atomic E-state index is 14.3. The molecule has 0 radical (unpaired) electrons. The van der Waals surface area contributed by atoms with Crippen LogP contribution in [0.25, 0.3) is 0 Å². The highest BCUT2D eigenvalue weighted by Gasteiger charge is 2.58. The predicted molar refractivity (Wildman–Crippen MR) is 212 cm³/mol. The summed E-state index contributed by atoms with van der Waals surface area (Å²) in [4.78, 5) is 16.2. The van der Waals surface area contributed by atoms with Gasteiger partial charge in [-0.2, -0.15) is 0 Å². The van der Waals surface area contributed by atoms with Gasteiger partial charge in [0.1, 0.15) is 35.1 Å². The Hall–Kier alpha value is -1.05. The van der Waals surface area contributed by atoms with Gasteiger partial charge in [-0.15, -0.1) is 0 Å². The van der Waals surface area contributed by atoms with Gasteiger partial charge >= 0.3 is 5.97 Å².